The third-order valence-corrected chi connectivity index (χ3v) is 5.09. The molecular formula is C19H28N2O3. The highest BCUT2D eigenvalue weighted by Crippen LogP contribution is 2.25. The lowest BCUT2D eigenvalue weighted by molar-refractivity contribution is 0.157. The van der Waals surface area contributed by atoms with Gasteiger partial charge in [0.2, 0.25) is 0 Å². The van der Waals surface area contributed by atoms with Crippen LogP contribution in [-0.2, 0) is 11.3 Å². The molecule has 1 saturated carbocycles. The molecule has 0 radical (unpaired) electrons. The lowest BCUT2D eigenvalue weighted by atomic mass is 9.92. The van der Waals surface area contributed by atoms with Gasteiger partial charge in [-0.05, 0) is 44.2 Å². The van der Waals surface area contributed by atoms with E-state index in [0.29, 0.717) is 25.1 Å². The van der Waals surface area contributed by atoms with E-state index in [1.54, 1.807) is 0 Å². The summed E-state index contributed by atoms with van der Waals surface area (Å²) in [7, 11) is 1.88. The minimum atomic E-state index is -0.00424. The van der Waals surface area contributed by atoms with E-state index >= 15 is 0 Å². The minimum Gasteiger partial charge on any atom is -0.493 e. The quantitative estimate of drug-likeness (QED) is 0.871. The second kappa shape index (κ2) is 7.88. The van der Waals surface area contributed by atoms with Crippen LogP contribution < -0.4 is 10.1 Å². The van der Waals surface area contributed by atoms with Crippen LogP contribution in [0.15, 0.2) is 18.2 Å². The maximum absolute atomic E-state index is 12.3. The van der Waals surface area contributed by atoms with Crippen molar-refractivity contribution >= 4 is 6.03 Å². The van der Waals surface area contributed by atoms with Gasteiger partial charge in [0.1, 0.15) is 5.75 Å². The van der Waals surface area contributed by atoms with Gasteiger partial charge >= 0.3 is 6.03 Å². The Morgan fingerprint density at radius 2 is 2.21 bits per heavy atom. The van der Waals surface area contributed by atoms with Gasteiger partial charge in [-0.1, -0.05) is 12.1 Å². The molecular weight excluding hydrogens is 304 g/mol. The largest absolute Gasteiger partial charge is 0.493 e. The summed E-state index contributed by atoms with van der Waals surface area (Å²) < 4.78 is 11.4. The first kappa shape index (κ1) is 17.1. The van der Waals surface area contributed by atoms with E-state index < -0.39 is 0 Å². The number of amides is 2. The van der Waals surface area contributed by atoms with Gasteiger partial charge < -0.3 is 19.7 Å². The number of carbonyl (C=O) groups excluding carboxylic acids is 1. The molecule has 1 aliphatic heterocycles. The Labute approximate surface area is 144 Å². The SMILES string of the molecule is Cc1ccc(CNC(=O)N(C)C2CCC2)c(OC[C@@H]2CCOC2)c1. The second-order valence-electron chi connectivity index (χ2n) is 7.01. The molecule has 1 aromatic rings. The number of rotatable bonds is 6. The molecule has 1 aromatic carbocycles. The highest BCUT2D eigenvalue weighted by Gasteiger charge is 2.25. The van der Waals surface area contributed by atoms with Crippen molar-refractivity contribution in [2.75, 3.05) is 26.9 Å². The van der Waals surface area contributed by atoms with E-state index in [2.05, 4.69) is 18.3 Å². The van der Waals surface area contributed by atoms with E-state index in [4.69, 9.17) is 9.47 Å². The van der Waals surface area contributed by atoms with Crippen LogP contribution in [0, 0.1) is 12.8 Å². The predicted octanol–water partition coefficient (Wildman–Crippen LogP) is 3.10. The molecule has 0 bridgehead atoms. The third-order valence-electron chi connectivity index (χ3n) is 5.09. The summed E-state index contributed by atoms with van der Waals surface area (Å²) in [4.78, 5) is 14.1. The Bertz CT molecular complexity index is 566. The predicted molar refractivity (Wildman–Crippen MR) is 93.2 cm³/mol. The second-order valence-corrected chi connectivity index (χ2v) is 7.01. The third kappa shape index (κ3) is 4.20. The van der Waals surface area contributed by atoms with Gasteiger partial charge in [0.25, 0.3) is 0 Å². The van der Waals surface area contributed by atoms with Crippen molar-refractivity contribution in [3.8, 4) is 5.75 Å². The molecule has 24 heavy (non-hydrogen) atoms. The van der Waals surface area contributed by atoms with E-state index in [9.17, 15) is 4.79 Å². The number of ether oxygens (including phenoxy) is 2. The molecule has 1 heterocycles. The summed E-state index contributed by atoms with van der Waals surface area (Å²) in [6.45, 7) is 4.83. The Morgan fingerprint density at radius 3 is 2.88 bits per heavy atom. The standard InChI is InChI=1S/C19H28N2O3/c1-14-6-7-16(11-20-19(22)21(2)17-4-3-5-17)18(10-14)24-13-15-8-9-23-12-15/h6-7,10,15,17H,3-5,8-9,11-13H2,1-2H3,(H,20,22)/t15-/m1/s1. The van der Waals surface area contributed by atoms with Crippen molar-refractivity contribution in [2.45, 2.75) is 45.2 Å². The molecule has 1 aliphatic carbocycles. The highest BCUT2D eigenvalue weighted by atomic mass is 16.5. The molecule has 5 heteroatoms. The zero-order valence-corrected chi connectivity index (χ0v) is 14.7. The van der Waals surface area contributed by atoms with Gasteiger partial charge in [-0.25, -0.2) is 4.79 Å². The summed E-state index contributed by atoms with van der Waals surface area (Å²) >= 11 is 0. The lowest BCUT2D eigenvalue weighted by Crippen LogP contribution is -2.46. The normalized spacial score (nSPS) is 20.5. The molecule has 2 fully saturated rings. The zero-order valence-electron chi connectivity index (χ0n) is 14.7. The number of hydrogen-bond donors (Lipinski definition) is 1. The molecule has 132 valence electrons. The molecule has 2 aliphatic rings. The van der Waals surface area contributed by atoms with Gasteiger partial charge in [-0.15, -0.1) is 0 Å². The van der Waals surface area contributed by atoms with Crippen LogP contribution in [0.3, 0.4) is 0 Å². The van der Waals surface area contributed by atoms with Crippen molar-refractivity contribution in [1.29, 1.82) is 0 Å². The fourth-order valence-corrected chi connectivity index (χ4v) is 3.10. The van der Waals surface area contributed by atoms with Crippen molar-refractivity contribution in [3.05, 3.63) is 29.3 Å². The molecule has 0 spiro atoms. The minimum absolute atomic E-state index is 0.00424. The molecule has 0 aromatic heterocycles. The van der Waals surface area contributed by atoms with Gasteiger partial charge in [0.15, 0.2) is 0 Å². The van der Waals surface area contributed by atoms with E-state index in [0.717, 1.165) is 49.4 Å². The molecule has 5 nitrogen and oxygen atoms in total. The highest BCUT2D eigenvalue weighted by molar-refractivity contribution is 5.74. The van der Waals surface area contributed by atoms with Crippen LogP contribution in [0.1, 0.15) is 36.8 Å². The van der Waals surface area contributed by atoms with Crippen LogP contribution in [0.25, 0.3) is 0 Å². The molecule has 1 atom stereocenters. The van der Waals surface area contributed by atoms with Crippen LogP contribution in [-0.4, -0.2) is 43.8 Å². The van der Waals surface area contributed by atoms with Crippen molar-refractivity contribution < 1.29 is 14.3 Å². The summed E-state index contributed by atoms with van der Waals surface area (Å²) in [5.74, 6) is 1.34. The van der Waals surface area contributed by atoms with Gasteiger partial charge in [0, 0.05) is 37.7 Å². The molecule has 2 amide bonds. The van der Waals surface area contributed by atoms with Crippen molar-refractivity contribution in [1.82, 2.24) is 10.2 Å². The summed E-state index contributed by atoms with van der Waals surface area (Å²) in [6, 6.07) is 6.55. The fourth-order valence-electron chi connectivity index (χ4n) is 3.10. The Hall–Kier alpha value is -1.75. The van der Waals surface area contributed by atoms with E-state index in [-0.39, 0.29) is 6.03 Å². The topological polar surface area (TPSA) is 50.8 Å². The fraction of sp³-hybridized carbons (Fsp3) is 0.632. The van der Waals surface area contributed by atoms with E-state index in [1.807, 2.05) is 24.1 Å². The molecule has 1 N–H and O–H groups in total. The van der Waals surface area contributed by atoms with E-state index in [1.165, 1.54) is 6.42 Å². The smallest absolute Gasteiger partial charge is 0.317 e. The first-order valence-electron chi connectivity index (χ1n) is 8.94. The van der Waals surface area contributed by atoms with Crippen LogP contribution >= 0.6 is 0 Å². The number of carbonyl (C=O) groups is 1. The Morgan fingerprint density at radius 1 is 1.38 bits per heavy atom. The molecule has 3 rings (SSSR count). The average molecular weight is 332 g/mol. The summed E-state index contributed by atoms with van der Waals surface area (Å²) in [5.41, 5.74) is 2.18. The van der Waals surface area contributed by atoms with Crippen LogP contribution in [0.5, 0.6) is 5.75 Å². The van der Waals surface area contributed by atoms with Gasteiger partial charge in [-0.2, -0.15) is 0 Å². The molecule has 0 unspecified atom stereocenters. The summed E-state index contributed by atoms with van der Waals surface area (Å²) in [5, 5.41) is 3.02. The first-order chi connectivity index (χ1) is 11.6. The number of benzene rings is 1. The number of nitrogens with one attached hydrogen (secondary N) is 1. The van der Waals surface area contributed by atoms with Crippen LogP contribution in [0.2, 0.25) is 0 Å². The Balaban J connectivity index is 1.56. The average Bonchev–Trinajstić information content (AvgIpc) is 3.03. The lowest BCUT2D eigenvalue weighted by Gasteiger charge is -2.34. The van der Waals surface area contributed by atoms with Gasteiger partial charge in [-0.3, -0.25) is 0 Å². The first-order valence-corrected chi connectivity index (χ1v) is 8.94. The number of hydrogen-bond acceptors (Lipinski definition) is 3. The maximum Gasteiger partial charge on any atom is 0.317 e. The number of nitrogens with zero attached hydrogens (tertiary/aromatic N) is 1. The van der Waals surface area contributed by atoms with Crippen molar-refractivity contribution in [3.63, 3.8) is 0 Å². The maximum atomic E-state index is 12.3. The zero-order chi connectivity index (χ0) is 16.9. The van der Waals surface area contributed by atoms with Crippen LogP contribution in [0.4, 0.5) is 4.79 Å². The number of urea groups is 1. The summed E-state index contributed by atoms with van der Waals surface area (Å²) in [6.07, 6.45) is 4.52. The monoisotopic (exact) mass is 332 g/mol. The number of aryl methyl sites for hydroxylation is 1. The molecule has 1 saturated heterocycles. The Kier molecular flexibility index (Phi) is 5.61. The van der Waals surface area contributed by atoms with Gasteiger partial charge in [0.05, 0.1) is 13.2 Å². The van der Waals surface area contributed by atoms with Crippen molar-refractivity contribution in [2.24, 2.45) is 5.92 Å².